The van der Waals surface area contributed by atoms with Crippen LogP contribution in [-0.2, 0) is 18.9 Å². The number of carbonyl (C=O) groups is 2. The van der Waals surface area contributed by atoms with E-state index in [2.05, 4.69) is 53.3 Å². The van der Waals surface area contributed by atoms with Crippen LogP contribution in [0.1, 0.15) is 91.1 Å². The molecule has 11 rings (SSSR count). The van der Waals surface area contributed by atoms with E-state index in [1.807, 2.05) is 99.1 Å². The van der Waals surface area contributed by atoms with E-state index in [1.165, 1.54) is 24.8 Å². The predicted octanol–water partition coefficient (Wildman–Crippen LogP) is 11.5. The highest BCUT2D eigenvalue weighted by molar-refractivity contribution is 14.1. The van der Waals surface area contributed by atoms with Crippen molar-refractivity contribution < 1.29 is 37.2 Å². The molecule has 0 unspecified atom stereocenters. The molecular formula is C54H54BF2IN8O6. The summed E-state index contributed by atoms with van der Waals surface area (Å²) in [6.07, 6.45) is 12.5. The Kier molecular flexibility index (Phi) is 14.7. The van der Waals surface area contributed by atoms with Gasteiger partial charge >= 0.3 is 7.12 Å². The molecule has 2 saturated carbocycles. The molecular weight excluding hydrogens is 1030 g/mol. The van der Waals surface area contributed by atoms with Crippen LogP contribution in [-0.4, -0.2) is 59.0 Å². The number of anilines is 2. The molecule has 1 aliphatic heterocycles. The van der Waals surface area contributed by atoms with Crippen LogP contribution in [0.5, 0.6) is 23.0 Å². The molecule has 1 saturated heterocycles. The summed E-state index contributed by atoms with van der Waals surface area (Å²) in [5, 5.41) is 1.55. The highest BCUT2D eigenvalue weighted by Gasteiger charge is 2.52. The Hall–Kier alpha value is -6.77. The molecule has 0 atom stereocenters. The molecule has 0 amide bonds. The first-order valence-electron chi connectivity index (χ1n) is 23.9. The van der Waals surface area contributed by atoms with E-state index in [9.17, 15) is 14.0 Å². The molecule has 3 aliphatic rings. The van der Waals surface area contributed by atoms with Crippen molar-refractivity contribution >= 4 is 80.4 Å². The molecule has 4 aromatic carbocycles. The Morgan fingerprint density at radius 3 is 1.56 bits per heavy atom. The number of hydrogen-bond acceptors (Lipinski definition) is 12. The highest BCUT2D eigenvalue weighted by Crippen LogP contribution is 2.41. The summed E-state index contributed by atoms with van der Waals surface area (Å²) in [5.41, 5.74) is 14.0. The molecule has 14 nitrogen and oxygen atoms in total. The number of nitrogen functional groups attached to an aromatic ring is 2. The van der Waals surface area contributed by atoms with E-state index in [1.54, 1.807) is 24.3 Å². The molecule has 0 spiro atoms. The summed E-state index contributed by atoms with van der Waals surface area (Å²) in [4.78, 5) is 39.9. The molecule has 370 valence electrons. The second-order valence-corrected chi connectivity index (χ2v) is 20.2. The zero-order valence-electron chi connectivity index (χ0n) is 40.4. The fourth-order valence-corrected chi connectivity index (χ4v) is 9.91. The fourth-order valence-electron chi connectivity index (χ4n) is 9.10. The van der Waals surface area contributed by atoms with Crippen LogP contribution in [0.3, 0.4) is 0 Å². The second-order valence-electron chi connectivity index (χ2n) is 19.0. The van der Waals surface area contributed by atoms with Gasteiger partial charge in [0.2, 0.25) is 0 Å². The van der Waals surface area contributed by atoms with Crippen LogP contribution in [0.25, 0.3) is 33.2 Å². The first-order valence-corrected chi connectivity index (χ1v) is 24.9. The van der Waals surface area contributed by atoms with E-state index in [0.29, 0.717) is 99.8 Å². The monoisotopic (exact) mass is 1090 g/mol. The van der Waals surface area contributed by atoms with Crippen molar-refractivity contribution in [2.75, 3.05) is 11.5 Å². The minimum atomic E-state index is -0.717. The average Bonchev–Trinajstić information content (AvgIpc) is 3.99. The number of hydrogen-bond donors (Lipinski definition) is 2. The van der Waals surface area contributed by atoms with Gasteiger partial charge in [-0.1, -0.05) is 42.5 Å². The largest absolute Gasteiger partial charge is 0.497 e. The Bertz CT molecular complexity index is 3230. The molecule has 0 bridgehead atoms. The van der Waals surface area contributed by atoms with Crippen LogP contribution in [0, 0.1) is 15.2 Å². The van der Waals surface area contributed by atoms with Gasteiger partial charge in [0, 0.05) is 82.5 Å². The Morgan fingerprint density at radius 1 is 0.597 bits per heavy atom. The van der Waals surface area contributed by atoms with Crippen LogP contribution in [0.15, 0.2) is 122 Å². The topological polar surface area (TPSA) is 185 Å². The fraction of sp³-hybridized carbons (Fsp3) is 0.296. The normalized spacial score (nSPS) is 16.8. The lowest BCUT2D eigenvalue weighted by Gasteiger charge is -2.32. The molecule has 72 heavy (non-hydrogen) atoms. The summed E-state index contributed by atoms with van der Waals surface area (Å²) in [7, 11) is -0.717. The van der Waals surface area contributed by atoms with Crippen molar-refractivity contribution in [1.82, 2.24) is 29.1 Å². The number of para-hydroxylation sites is 2. The van der Waals surface area contributed by atoms with Crippen molar-refractivity contribution in [3.05, 3.63) is 137 Å². The second kappa shape index (κ2) is 21.1. The number of aromatic nitrogens is 6. The van der Waals surface area contributed by atoms with Gasteiger partial charge in [-0.25, -0.2) is 28.7 Å². The summed E-state index contributed by atoms with van der Waals surface area (Å²) >= 11 is 2.26. The number of benzene rings is 4. The third-order valence-corrected chi connectivity index (χ3v) is 14.5. The molecule has 5 heterocycles. The van der Waals surface area contributed by atoms with E-state index in [0.717, 1.165) is 40.3 Å². The van der Waals surface area contributed by atoms with Crippen molar-refractivity contribution in [2.45, 2.75) is 102 Å². The molecule has 3 fully saturated rings. The zero-order valence-corrected chi connectivity index (χ0v) is 42.5. The Labute approximate surface area is 429 Å². The van der Waals surface area contributed by atoms with E-state index < -0.39 is 30.0 Å². The summed E-state index contributed by atoms with van der Waals surface area (Å²) in [5.74, 6) is 2.79. The molecule has 8 aromatic rings. The van der Waals surface area contributed by atoms with Crippen molar-refractivity contribution in [1.29, 1.82) is 0 Å². The first kappa shape index (κ1) is 50.2. The maximum Gasteiger partial charge on any atom is 0.497 e. The van der Waals surface area contributed by atoms with Crippen LogP contribution < -0.4 is 26.4 Å². The number of rotatable bonds is 8. The number of ketones is 2. The number of nitrogens with two attached hydrogens (primary N) is 2. The lowest BCUT2D eigenvalue weighted by atomic mass is 9.78. The van der Waals surface area contributed by atoms with E-state index in [4.69, 9.17) is 30.2 Å². The van der Waals surface area contributed by atoms with Gasteiger partial charge in [-0.15, -0.1) is 0 Å². The van der Waals surface area contributed by atoms with Gasteiger partial charge in [0.05, 0.1) is 22.0 Å². The third-order valence-electron chi connectivity index (χ3n) is 13.7. The molecule has 4 aromatic heterocycles. The number of halogens is 3. The van der Waals surface area contributed by atoms with Gasteiger partial charge in [-0.2, -0.15) is 0 Å². The number of ether oxygens (including phenoxy) is 2. The third kappa shape index (κ3) is 10.9. The molecule has 4 N–H and O–H groups in total. The lowest BCUT2D eigenvalue weighted by molar-refractivity contribution is -0.121. The number of Topliss-reactive ketones (excluding diaryl/α,β-unsaturated/α-hetero) is 2. The Morgan fingerprint density at radius 2 is 1.06 bits per heavy atom. The van der Waals surface area contributed by atoms with Crippen molar-refractivity contribution in [2.24, 2.45) is 0 Å². The standard InChI is InChI=1S/C24H21FN4O2.C18H20BFO3.C12H13IN4O/c25-21-12-18(31-17-4-2-1-3-5-17)10-11-19(21)20-13-29(15-6-8-16(30)9-7-15)24-22(20)23(26)27-14-28-24;1-17(2)18(3,4)23-19(22-17)15-11-10-14(12-16(15)20)21-13-8-6-5-7-9-13;13-9-5-17(7-1-3-8(18)4-2-7)12-10(9)11(14)15-6-16-12/h1-5,10-15H,6-9H2,(H2,26,27,28);5-12H,1-4H3;5-7H,1-4H2,(H2,14,15,16). The maximum absolute atomic E-state index is 15.2. The van der Waals surface area contributed by atoms with Crippen molar-refractivity contribution in [3.63, 3.8) is 0 Å². The molecule has 2 aliphatic carbocycles. The quantitative estimate of drug-likeness (QED) is 0.109. The van der Waals surface area contributed by atoms with Gasteiger partial charge in [0.1, 0.15) is 81.8 Å². The minimum Gasteiger partial charge on any atom is -0.457 e. The van der Waals surface area contributed by atoms with E-state index >= 15 is 4.39 Å². The SMILES string of the molecule is CC1(C)OB(c2ccc(Oc3ccccc3)cc2F)OC1(C)C.Nc1ncnc2c1c(-c1ccc(Oc3ccccc3)cc1F)cn2C1CCC(=O)CC1.Nc1ncnc2c1c(I)cn2C1CCC(=O)CC1. The van der Waals surface area contributed by atoms with Crippen LogP contribution in [0.2, 0.25) is 0 Å². The van der Waals surface area contributed by atoms with Crippen molar-refractivity contribution in [3.8, 4) is 34.1 Å². The lowest BCUT2D eigenvalue weighted by Crippen LogP contribution is -2.41. The minimum absolute atomic E-state index is 0.118. The van der Waals surface area contributed by atoms with Crippen LogP contribution >= 0.6 is 22.6 Å². The summed E-state index contributed by atoms with van der Waals surface area (Å²) < 4.78 is 58.0. The first-order chi connectivity index (χ1) is 34.5. The number of carbonyl (C=O) groups excluding carboxylic acids is 2. The van der Waals surface area contributed by atoms with Gasteiger partial charge in [-0.3, -0.25) is 9.59 Å². The Balaban J connectivity index is 0.000000139. The smallest absolute Gasteiger partial charge is 0.457 e. The van der Waals surface area contributed by atoms with Gasteiger partial charge in [0.15, 0.2) is 0 Å². The summed E-state index contributed by atoms with van der Waals surface area (Å²) in [6.45, 7) is 7.77. The number of fused-ring (bicyclic) bond motifs is 2. The molecule has 0 radical (unpaired) electrons. The van der Waals surface area contributed by atoms with E-state index in [-0.39, 0.29) is 11.8 Å². The summed E-state index contributed by atoms with van der Waals surface area (Å²) in [6, 6.07) is 28.5. The maximum atomic E-state index is 15.2. The van der Waals surface area contributed by atoms with Gasteiger partial charge in [-0.05, 0) is 118 Å². The molecule has 18 heteroatoms. The number of nitrogens with zero attached hydrogens (tertiary/aromatic N) is 6. The highest BCUT2D eigenvalue weighted by atomic mass is 127. The average molecular weight is 1090 g/mol. The zero-order chi connectivity index (χ0) is 50.7. The van der Waals surface area contributed by atoms with Crippen LogP contribution in [0.4, 0.5) is 20.4 Å². The predicted molar refractivity (Wildman–Crippen MR) is 282 cm³/mol. The van der Waals surface area contributed by atoms with Gasteiger partial charge < -0.3 is 39.4 Å². The van der Waals surface area contributed by atoms with Gasteiger partial charge in [0.25, 0.3) is 0 Å².